The lowest BCUT2D eigenvalue weighted by molar-refractivity contribution is -0.139. The Kier molecular flexibility index (Phi) is 9.41. The number of rotatable bonds is 8. The number of nitrogens with zero attached hydrogens (tertiary/aromatic N) is 2. The summed E-state index contributed by atoms with van der Waals surface area (Å²) in [5.41, 5.74) is 1.87. The van der Waals surface area contributed by atoms with E-state index in [0.29, 0.717) is 48.9 Å². The van der Waals surface area contributed by atoms with Gasteiger partial charge in [0.2, 0.25) is 0 Å². The maximum atomic E-state index is 14.0. The van der Waals surface area contributed by atoms with Gasteiger partial charge < -0.3 is 18.9 Å². The first-order valence-corrected chi connectivity index (χ1v) is 15.1. The highest BCUT2D eigenvalue weighted by Crippen LogP contribution is 2.41. The van der Waals surface area contributed by atoms with Crippen molar-refractivity contribution in [3.8, 4) is 17.2 Å². The molecule has 0 saturated carbocycles. The number of carbonyl (C=O) groups excluding carboxylic acids is 1. The second-order valence-corrected chi connectivity index (χ2v) is 11.8. The summed E-state index contributed by atoms with van der Waals surface area (Å²) in [5, 5.41) is 0. The first-order chi connectivity index (χ1) is 18.6. The average molecular weight is 745 g/mol. The van der Waals surface area contributed by atoms with E-state index in [0.717, 1.165) is 14.5 Å². The summed E-state index contributed by atoms with van der Waals surface area (Å²) in [4.78, 5) is 32.3. The number of hydrogen-bond donors (Lipinski definition) is 0. The predicted molar refractivity (Wildman–Crippen MR) is 161 cm³/mol. The number of halogens is 3. The largest absolute Gasteiger partial charge is 0.493 e. The molecule has 0 amide bonds. The molecule has 4 rings (SSSR count). The normalized spacial score (nSPS) is 15.1. The zero-order valence-corrected chi connectivity index (χ0v) is 27.3. The van der Waals surface area contributed by atoms with Gasteiger partial charge in [-0.2, -0.15) is 0 Å². The molecule has 2 heterocycles. The molecule has 1 aromatic heterocycles. The maximum absolute atomic E-state index is 14.0. The minimum Gasteiger partial charge on any atom is -0.493 e. The topological polar surface area (TPSA) is 88.4 Å². The highest BCUT2D eigenvalue weighted by molar-refractivity contribution is 9.11. The number of aromatic nitrogens is 1. The molecule has 1 aliphatic heterocycles. The minimum atomic E-state index is -0.810. The van der Waals surface area contributed by atoms with E-state index in [2.05, 4.69) is 52.8 Å². The molecule has 0 spiro atoms. The molecule has 8 nitrogen and oxygen atoms in total. The van der Waals surface area contributed by atoms with Crippen molar-refractivity contribution < 1.29 is 23.7 Å². The van der Waals surface area contributed by atoms with Gasteiger partial charge in [-0.25, -0.2) is 9.79 Å². The van der Waals surface area contributed by atoms with Crippen LogP contribution in [-0.4, -0.2) is 38.0 Å². The van der Waals surface area contributed by atoms with Crippen molar-refractivity contribution in [3.63, 3.8) is 0 Å². The number of allylic oxidation sites excluding steroid dienone is 1. The number of methoxy groups -OCH3 is 2. The SMILES string of the molecule is CCOC(=O)C1=C(C)N=c2s/c(=C\c3cc(Br)c(OCC)c(Br)c3)c(=O)n2[C@@H]1c1cc(OC)c(OC)cc1Br. The molecule has 0 fully saturated rings. The zero-order chi connectivity index (χ0) is 28.4. The number of hydrogen-bond acceptors (Lipinski definition) is 8. The van der Waals surface area contributed by atoms with E-state index < -0.39 is 12.0 Å². The lowest BCUT2D eigenvalue weighted by atomic mass is 9.95. The minimum absolute atomic E-state index is 0.182. The standard InChI is InChI=1S/C27H25Br3N2O6S/c1-6-37-24-17(29)8-14(9-18(24)30)10-21-25(33)32-23(15-11-19(35-4)20(36-5)12-16(15)28)22(26(34)38-7-2)13(3)31-27(32)39-21/h8-12,23H,6-7H2,1-5H3/b21-10-/t23-/m1/s1. The van der Waals surface area contributed by atoms with Crippen LogP contribution in [0.5, 0.6) is 17.2 Å². The molecular weight excluding hydrogens is 720 g/mol. The number of thiazole rings is 1. The van der Waals surface area contributed by atoms with Gasteiger partial charge in [0.25, 0.3) is 5.56 Å². The fourth-order valence-electron chi connectivity index (χ4n) is 4.26. The summed E-state index contributed by atoms with van der Waals surface area (Å²) in [6.07, 6.45) is 1.79. The van der Waals surface area contributed by atoms with Crippen LogP contribution in [0.4, 0.5) is 0 Å². The van der Waals surface area contributed by atoms with Crippen molar-refractivity contribution in [2.45, 2.75) is 26.8 Å². The van der Waals surface area contributed by atoms with E-state index in [9.17, 15) is 9.59 Å². The van der Waals surface area contributed by atoms with Crippen molar-refractivity contribution in [2.75, 3.05) is 27.4 Å². The molecule has 1 atom stereocenters. The molecular formula is C27H25Br3N2O6S. The Bertz CT molecular complexity index is 1640. The molecule has 1 aliphatic rings. The molecule has 12 heteroatoms. The summed E-state index contributed by atoms with van der Waals surface area (Å²) in [6, 6.07) is 6.45. The quantitative estimate of drug-likeness (QED) is 0.283. The zero-order valence-electron chi connectivity index (χ0n) is 21.8. The van der Waals surface area contributed by atoms with Crippen LogP contribution in [0.1, 0.15) is 37.9 Å². The second kappa shape index (κ2) is 12.4. The Morgan fingerprint density at radius 3 is 2.26 bits per heavy atom. The highest BCUT2D eigenvalue weighted by Gasteiger charge is 2.35. The van der Waals surface area contributed by atoms with E-state index in [1.807, 2.05) is 19.1 Å². The van der Waals surface area contributed by atoms with Gasteiger partial charge in [0, 0.05) is 4.47 Å². The Hall–Kier alpha value is -2.41. The molecule has 0 unspecified atom stereocenters. The van der Waals surface area contributed by atoms with Crippen LogP contribution < -0.4 is 29.1 Å². The molecule has 0 aliphatic carbocycles. The molecule has 0 N–H and O–H groups in total. The molecule has 0 bridgehead atoms. The van der Waals surface area contributed by atoms with Gasteiger partial charge in [-0.05, 0) is 94.1 Å². The lowest BCUT2D eigenvalue weighted by Crippen LogP contribution is -2.40. The number of benzene rings is 2. The van der Waals surface area contributed by atoms with Crippen LogP contribution in [0.15, 0.2) is 58.7 Å². The van der Waals surface area contributed by atoms with Gasteiger partial charge in [-0.3, -0.25) is 9.36 Å². The van der Waals surface area contributed by atoms with Crippen LogP contribution in [0.25, 0.3) is 6.08 Å². The first kappa shape index (κ1) is 29.6. The van der Waals surface area contributed by atoms with Crippen molar-refractivity contribution >= 4 is 71.2 Å². The number of esters is 1. The monoisotopic (exact) mass is 742 g/mol. The number of fused-ring (bicyclic) bond motifs is 1. The van der Waals surface area contributed by atoms with Gasteiger partial charge in [0.05, 0.1) is 58.2 Å². The third kappa shape index (κ3) is 5.75. The van der Waals surface area contributed by atoms with E-state index >= 15 is 0 Å². The van der Waals surface area contributed by atoms with Gasteiger partial charge in [-0.1, -0.05) is 27.3 Å². The van der Waals surface area contributed by atoms with Crippen LogP contribution in [-0.2, 0) is 9.53 Å². The second-order valence-electron chi connectivity index (χ2n) is 8.28. The van der Waals surface area contributed by atoms with Crippen molar-refractivity contribution in [3.05, 3.63) is 79.8 Å². The third-order valence-corrected chi connectivity index (χ3v) is 8.77. The fourth-order valence-corrected chi connectivity index (χ4v) is 7.30. The Morgan fingerprint density at radius 2 is 1.67 bits per heavy atom. The molecule has 3 aromatic rings. The summed E-state index contributed by atoms with van der Waals surface area (Å²) < 4.78 is 26.2. The number of ether oxygens (including phenoxy) is 4. The van der Waals surface area contributed by atoms with Gasteiger partial charge in [0.15, 0.2) is 16.3 Å². The van der Waals surface area contributed by atoms with Crippen LogP contribution >= 0.6 is 59.1 Å². The Balaban J connectivity index is 1.98. The van der Waals surface area contributed by atoms with Crippen molar-refractivity contribution in [1.82, 2.24) is 4.57 Å². The van der Waals surface area contributed by atoms with Gasteiger partial charge in [-0.15, -0.1) is 0 Å². The molecule has 2 aromatic carbocycles. The van der Waals surface area contributed by atoms with Crippen LogP contribution in [0.2, 0.25) is 0 Å². The summed E-state index contributed by atoms with van der Waals surface area (Å²) >= 11 is 12.0. The van der Waals surface area contributed by atoms with E-state index in [4.69, 9.17) is 18.9 Å². The van der Waals surface area contributed by atoms with Crippen molar-refractivity contribution in [1.29, 1.82) is 0 Å². The predicted octanol–water partition coefficient (Wildman–Crippen LogP) is 5.50. The smallest absolute Gasteiger partial charge is 0.338 e. The third-order valence-electron chi connectivity index (χ3n) is 5.92. The maximum Gasteiger partial charge on any atom is 0.338 e. The summed E-state index contributed by atoms with van der Waals surface area (Å²) in [6.45, 7) is 6.08. The van der Waals surface area contributed by atoms with E-state index in [-0.39, 0.29) is 17.7 Å². The van der Waals surface area contributed by atoms with Crippen LogP contribution in [0.3, 0.4) is 0 Å². The molecule has 206 valence electrons. The lowest BCUT2D eigenvalue weighted by Gasteiger charge is -2.26. The number of carbonyl (C=O) groups is 1. The van der Waals surface area contributed by atoms with Crippen molar-refractivity contribution in [2.24, 2.45) is 4.99 Å². The Labute approximate surface area is 254 Å². The summed E-state index contributed by atoms with van der Waals surface area (Å²) in [7, 11) is 3.07. The summed E-state index contributed by atoms with van der Waals surface area (Å²) in [5.74, 6) is 1.11. The fraction of sp³-hybridized carbons (Fsp3) is 0.296. The van der Waals surface area contributed by atoms with E-state index in [1.165, 1.54) is 23.0 Å². The first-order valence-electron chi connectivity index (χ1n) is 11.9. The van der Waals surface area contributed by atoms with Gasteiger partial charge in [0.1, 0.15) is 5.75 Å². The molecule has 0 saturated heterocycles. The van der Waals surface area contributed by atoms with E-state index in [1.54, 1.807) is 39.2 Å². The average Bonchev–Trinajstić information content (AvgIpc) is 3.19. The van der Waals surface area contributed by atoms with Crippen LogP contribution in [0, 0.1) is 0 Å². The molecule has 39 heavy (non-hydrogen) atoms. The molecule has 0 radical (unpaired) electrons. The highest BCUT2D eigenvalue weighted by atomic mass is 79.9. The Morgan fingerprint density at radius 1 is 1.03 bits per heavy atom. The van der Waals surface area contributed by atoms with Gasteiger partial charge >= 0.3 is 5.97 Å².